The second-order valence-corrected chi connectivity index (χ2v) is 6.86. The maximum Gasteiger partial charge on any atom is 0.251 e. The highest BCUT2D eigenvalue weighted by atomic mass is 16.2. The third-order valence-electron chi connectivity index (χ3n) is 5.03. The fraction of sp³-hybridized carbons (Fsp3) is 0.421. The molecule has 1 fully saturated rings. The van der Waals surface area contributed by atoms with Crippen LogP contribution in [0.4, 0.5) is 0 Å². The molecule has 140 valence electrons. The van der Waals surface area contributed by atoms with Gasteiger partial charge < -0.3 is 9.88 Å². The Hall–Kier alpha value is -3.03. The van der Waals surface area contributed by atoms with Gasteiger partial charge in [-0.05, 0) is 24.1 Å². The number of fused-ring (bicyclic) bond motifs is 1. The highest BCUT2D eigenvalue weighted by molar-refractivity contribution is 6.01. The molecule has 0 bridgehead atoms. The van der Waals surface area contributed by atoms with Crippen LogP contribution in [0.1, 0.15) is 46.8 Å². The van der Waals surface area contributed by atoms with Gasteiger partial charge in [0, 0.05) is 44.3 Å². The molecule has 0 saturated carbocycles. The number of benzene rings is 1. The zero-order valence-electron chi connectivity index (χ0n) is 15.0. The molecular formula is C19H21N5O3. The molecule has 1 N–H and O–H groups in total. The second-order valence-electron chi connectivity index (χ2n) is 6.86. The summed E-state index contributed by atoms with van der Waals surface area (Å²) in [5.41, 5.74) is 1.37. The van der Waals surface area contributed by atoms with Crippen molar-refractivity contribution < 1.29 is 14.4 Å². The summed E-state index contributed by atoms with van der Waals surface area (Å²) in [5, 5.41) is 11.2. The van der Waals surface area contributed by atoms with Crippen LogP contribution < -0.4 is 5.32 Å². The number of imide groups is 1. The SMILES string of the molecule is O=C(NCCc1nnc2n1CCC2)c1ccc(CN2C(=O)CCC2=O)cc1. The van der Waals surface area contributed by atoms with Crippen LogP contribution in [0, 0.1) is 0 Å². The van der Waals surface area contributed by atoms with Crippen molar-refractivity contribution in [3.8, 4) is 0 Å². The molecular weight excluding hydrogens is 346 g/mol. The normalized spacial score (nSPS) is 16.1. The zero-order chi connectivity index (χ0) is 18.8. The number of carbonyl (C=O) groups is 3. The van der Waals surface area contributed by atoms with Gasteiger partial charge >= 0.3 is 0 Å². The number of nitrogens with one attached hydrogen (secondary N) is 1. The summed E-state index contributed by atoms with van der Waals surface area (Å²) in [6.45, 7) is 1.71. The molecule has 1 aromatic heterocycles. The predicted molar refractivity (Wildman–Crippen MR) is 95.6 cm³/mol. The molecule has 3 heterocycles. The van der Waals surface area contributed by atoms with Gasteiger partial charge in [0.1, 0.15) is 11.6 Å². The first kappa shape index (κ1) is 17.4. The fourth-order valence-electron chi connectivity index (χ4n) is 3.53. The summed E-state index contributed by atoms with van der Waals surface area (Å²) in [4.78, 5) is 36.9. The molecule has 1 saturated heterocycles. The summed E-state index contributed by atoms with van der Waals surface area (Å²) in [5.74, 6) is 1.51. The Bertz CT molecular complexity index is 871. The lowest BCUT2D eigenvalue weighted by molar-refractivity contribution is -0.139. The van der Waals surface area contributed by atoms with Crippen LogP contribution in [0.15, 0.2) is 24.3 Å². The number of likely N-dealkylation sites (tertiary alicyclic amines) is 1. The number of rotatable bonds is 6. The first-order valence-corrected chi connectivity index (χ1v) is 9.23. The Morgan fingerprint density at radius 1 is 1.04 bits per heavy atom. The van der Waals surface area contributed by atoms with Crippen molar-refractivity contribution in [1.82, 2.24) is 25.0 Å². The molecule has 4 rings (SSSR count). The average molecular weight is 367 g/mol. The van der Waals surface area contributed by atoms with Gasteiger partial charge in [0.15, 0.2) is 0 Å². The van der Waals surface area contributed by atoms with E-state index in [1.54, 1.807) is 24.3 Å². The Kier molecular flexibility index (Phi) is 4.70. The van der Waals surface area contributed by atoms with Crippen LogP contribution in [-0.2, 0) is 35.5 Å². The summed E-state index contributed by atoms with van der Waals surface area (Å²) in [6, 6.07) is 6.98. The van der Waals surface area contributed by atoms with Gasteiger partial charge in [-0.1, -0.05) is 12.1 Å². The van der Waals surface area contributed by atoms with Gasteiger partial charge in [0.2, 0.25) is 11.8 Å². The zero-order valence-corrected chi connectivity index (χ0v) is 15.0. The van der Waals surface area contributed by atoms with E-state index in [0.29, 0.717) is 18.5 Å². The van der Waals surface area contributed by atoms with Crippen LogP contribution in [0.25, 0.3) is 0 Å². The van der Waals surface area contributed by atoms with E-state index in [1.165, 1.54) is 4.90 Å². The van der Waals surface area contributed by atoms with Crippen LogP contribution in [0.2, 0.25) is 0 Å². The number of hydrogen-bond acceptors (Lipinski definition) is 5. The number of nitrogens with zero attached hydrogens (tertiary/aromatic N) is 4. The van der Waals surface area contributed by atoms with Gasteiger partial charge in [0.05, 0.1) is 6.54 Å². The minimum absolute atomic E-state index is 0.137. The average Bonchev–Trinajstić information content (AvgIpc) is 3.36. The summed E-state index contributed by atoms with van der Waals surface area (Å²) >= 11 is 0. The van der Waals surface area contributed by atoms with Crippen LogP contribution in [0.5, 0.6) is 0 Å². The minimum atomic E-state index is -0.156. The lowest BCUT2D eigenvalue weighted by Gasteiger charge is -2.14. The van der Waals surface area contributed by atoms with E-state index in [2.05, 4.69) is 20.1 Å². The van der Waals surface area contributed by atoms with E-state index in [1.807, 2.05) is 0 Å². The Morgan fingerprint density at radius 3 is 2.52 bits per heavy atom. The largest absolute Gasteiger partial charge is 0.352 e. The quantitative estimate of drug-likeness (QED) is 0.764. The molecule has 1 aromatic carbocycles. The molecule has 0 unspecified atom stereocenters. The first-order chi connectivity index (χ1) is 13.1. The highest BCUT2D eigenvalue weighted by Gasteiger charge is 2.28. The van der Waals surface area contributed by atoms with Crippen molar-refractivity contribution >= 4 is 17.7 Å². The van der Waals surface area contributed by atoms with E-state index in [9.17, 15) is 14.4 Å². The molecule has 3 amide bonds. The van der Waals surface area contributed by atoms with Gasteiger partial charge in [-0.3, -0.25) is 19.3 Å². The summed E-state index contributed by atoms with van der Waals surface area (Å²) < 4.78 is 2.13. The van der Waals surface area contributed by atoms with Crippen LogP contribution >= 0.6 is 0 Å². The Balaban J connectivity index is 1.30. The molecule has 0 spiro atoms. The molecule has 27 heavy (non-hydrogen) atoms. The second kappa shape index (κ2) is 7.30. The number of amides is 3. The maximum atomic E-state index is 12.3. The van der Waals surface area contributed by atoms with Crippen molar-refractivity contribution in [2.45, 2.75) is 45.2 Å². The van der Waals surface area contributed by atoms with Crippen molar-refractivity contribution in [3.63, 3.8) is 0 Å². The van der Waals surface area contributed by atoms with E-state index in [0.717, 1.165) is 36.6 Å². The topological polar surface area (TPSA) is 97.2 Å². The van der Waals surface area contributed by atoms with Crippen LogP contribution in [-0.4, -0.2) is 43.9 Å². The highest BCUT2D eigenvalue weighted by Crippen LogP contribution is 2.16. The van der Waals surface area contributed by atoms with E-state index >= 15 is 0 Å². The number of aromatic nitrogens is 3. The summed E-state index contributed by atoms with van der Waals surface area (Å²) in [6.07, 6.45) is 3.30. The standard InChI is InChI=1S/C19H21N5O3/c25-17-7-8-18(26)24(17)12-13-3-5-14(6-4-13)19(27)20-10-9-16-22-21-15-2-1-11-23(15)16/h3-6H,1-2,7-12H2,(H,20,27). The Morgan fingerprint density at radius 2 is 1.78 bits per heavy atom. The smallest absolute Gasteiger partial charge is 0.251 e. The van der Waals surface area contributed by atoms with Gasteiger partial charge in [0.25, 0.3) is 5.91 Å². The van der Waals surface area contributed by atoms with Gasteiger partial charge in [-0.2, -0.15) is 0 Å². The fourth-order valence-corrected chi connectivity index (χ4v) is 3.53. The number of aryl methyl sites for hydroxylation is 1. The Labute approximate surface area is 156 Å². The van der Waals surface area contributed by atoms with Crippen LogP contribution in [0.3, 0.4) is 0 Å². The van der Waals surface area contributed by atoms with E-state index in [-0.39, 0.29) is 37.1 Å². The molecule has 0 aliphatic carbocycles. The van der Waals surface area contributed by atoms with Crippen molar-refractivity contribution in [1.29, 1.82) is 0 Å². The molecule has 2 aliphatic rings. The van der Waals surface area contributed by atoms with E-state index in [4.69, 9.17) is 0 Å². The van der Waals surface area contributed by atoms with Crippen molar-refractivity contribution in [2.24, 2.45) is 0 Å². The lowest BCUT2D eigenvalue weighted by atomic mass is 10.1. The molecule has 0 atom stereocenters. The predicted octanol–water partition coefficient (Wildman–Crippen LogP) is 0.846. The molecule has 0 radical (unpaired) electrons. The summed E-state index contributed by atoms with van der Waals surface area (Å²) in [7, 11) is 0. The van der Waals surface area contributed by atoms with E-state index < -0.39 is 0 Å². The van der Waals surface area contributed by atoms with Gasteiger partial charge in [-0.15, -0.1) is 10.2 Å². The number of hydrogen-bond donors (Lipinski definition) is 1. The minimum Gasteiger partial charge on any atom is -0.352 e. The molecule has 2 aromatic rings. The molecule has 2 aliphatic heterocycles. The van der Waals surface area contributed by atoms with Crippen molar-refractivity contribution in [3.05, 3.63) is 47.0 Å². The van der Waals surface area contributed by atoms with Crippen molar-refractivity contribution in [2.75, 3.05) is 6.54 Å². The molecule has 8 nitrogen and oxygen atoms in total. The molecule has 8 heteroatoms. The third-order valence-corrected chi connectivity index (χ3v) is 5.03. The van der Waals surface area contributed by atoms with Gasteiger partial charge in [-0.25, -0.2) is 0 Å². The third kappa shape index (κ3) is 3.60. The lowest BCUT2D eigenvalue weighted by Crippen LogP contribution is -2.28. The maximum absolute atomic E-state index is 12.3. The first-order valence-electron chi connectivity index (χ1n) is 9.23. The number of carbonyl (C=O) groups excluding carboxylic acids is 3. The monoisotopic (exact) mass is 367 g/mol.